The van der Waals surface area contributed by atoms with Crippen LogP contribution in [0.4, 0.5) is 4.79 Å². The summed E-state index contributed by atoms with van der Waals surface area (Å²) in [6.07, 6.45) is 5.70. The lowest BCUT2D eigenvalue weighted by Gasteiger charge is -2.39. The molecule has 1 aromatic carbocycles. The van der Waals surface area contributed by atoms with Crippen LogP contribution in [-0.2, 0) is 14.3 Å². The number of carbonyl (C=O) groups is 2. The molecular formula is C23H38N2O5. The minimum atomic E-state index is -0.659. The van der Waals surface area contributed by atoms with Crippen LogP contribution in [0, 0.1) is 11.8 Å². The highest BCUT2D eigenvalue weighted by Gasteiger charge is 2.36. The van der Waals surface area contributed by atoms with Crippen molar-refractivity contribution in [3.8, 4) is 5.75 Å². The number of nitrogens with zero attached hydrogens (tertiary/aromatic N) is 1. The van der Waals surface area contributed by atoms with Crippen molar-refractivity contribution in [1.29, 1.82) is 0 Å². The molecule has 2 unspecified atom stereocenters. The zero-order valence-electron chi connectivity index (χ0n) is 19.1. The number of carbonyl (C=O) groups excluding carboxylic acids is 2. The molecule has 0 radical (unpaired) electrons. The highest BCUT2D eigenvalue weighted by atomic mass is 16.7. The SMILES string of the molecule is CCN(C=O)C(=O)Oc1ccccc1.CNCC(C)CC1CCCC(OC)(OC)C1. The Balaban J connectivity index is 0.000000303. The molecule has 0 aliphatic heterocycles. The van der Waals surface area contributed by atoms with Crippen LogP contribution in [0.2, 0.25) is 0 Å². The summed E-state index contributed by atoms with van der Waals surface area (Å²) >= 11 is 0. The largest absolute Gasteiger partial charge is 0.421 e. The molecule has 1 fully saturated rings. The molecule has 7 heteroatoms. The number of benzene rings is 1. The van der Waals surface area contributed by atoms with E-state index >= 15 is 0 Å². The molecule has 170 valence electrons. The van der Waals surface area contributed by atoms with Gasteiger partial charge < -0.3 is 19.5 Å². The van der Waals surface area contributed by atoms with Gasteiger partial charge in [-0.1, -0.05) is 31.5 Å². The molecule has 30 heavy (non-hydrogen) atoms. The van der Waals surface area contributed by atoms with E-state index in [1.54, 1.807) is 45.4 Å². The van der Waals surface area contributed by atoms with Crippen molar-refractivity contribution in [1.82, 2.24) is 10.2 Å². The van der Waals surface area contributed by atoms with E-state index in [9.17, 15) is 9.59 Å². The minimum absolute atomic E-state index is 0.301. The van der Waals surface area contributed by atoms with Crippen molar-refractivity contribution < 1.29 is 23.8 Å². The van der Waals surface area contributed by atoms with Gasteiger partial charge in [-0.25, -0.2) is 9.69 Å². The van der Waals surface area contributed by atoms with Gasteiger partial charge >= 0.3 is 6.09 Å². The van der Waals surface area contributed by atoms with Crippen LogP contribution >= 0.6 is 0 Å². The van der Waals surface area contributed by atoms with E-state index < -0.39 is 6.09 Å². The average molecular weight is 423 g/mol. The third kappa shape index (κ3) is 8.81. The Morgan fingerprint density at radius 3 is 2.50 bits per heavy atom. The van der Waals surface area contributed by atoms with E-state index in [-0.39, 0.29) is 5.79 Å². The van der Waals surface area contributed by atoms with Crippen molar-refractivity contribution in [3.63, 3.8) is 0 Å². The number of ether oxygens (including phenoxy) is 3. The highest BCUT2D eigenvalue weighted by Crippen LogP contribution is 2.38. The summed E-state index contributed by atoms with van der Waals surface area (Å²) in [5.74, 6) is 1.61. The number of rotatable bonds is 9. The van der Waals surface area contributed by atoms with Gasteiger partial charge in [-0.3, -0.25) is 4.79 Å². The lowest BCUT2D eigenvalue weighted by atomic mass is 9.80. The minimum Gasteiger partial charge on any atom is -0.410 e. The number of methoxy groups -OCH3 is 2. The monoisotopic (exact) mass is 422 g/mol. The molecular weight excluding hydrogens is 384 g/mol. The van der Waals surface area contributed by atoms with Crippen molar-refractivity contribution >= 4 is 12.5 Å². The summed E-state index contributed by atoms with van der Waals surface area (Å²) in [5, 5.41) is 3.24. The Kier molecular flexibility index (Phi) is 12.3. The third-order valence-electron chi connectivity index (χ3n) is 5.45. The van der Waals surface area contributed by atoms with Gasteiger partial charge in [0.15, 0.2) is 5.79 Å². The quantitative estimate of drug-likeness (QED) is 0.477. The fourth-order valence-electron chi connectivity index (χ4n) is 3.85. The first-order valence-corrected chi connectivity index (χ1v) is 10.7. The molecule has 2 rings (SSSR count). The summed E-state index contributed by atoms with van der Waals surface area (Å²) in [6, 6.07) is 8.61. The lowest BCUT2D eigenvalue weighted by Crippen LogP contribution is -2.39. The van der Waals surface area contributed by atoms with Gasteiger partial charge in [-0.15, -0.1) is 0 Å². The summed E-state index contributed by atoms with van der Waals surface area (Å²) in [6.45, 7) is 5.41. The fourth-order valence-corrected chi connectivity index (χ4v) is 3.85. The Hall–Kier alpha value is -1.96. The fraction of sp³-hybridized carbons (Fsp3) is 0.652. The van der Waals surface area contributed by atoms with E-state index in [1.165, 1.54) is 19.3 Å². The Bertz CT molecular complexity index is 607. The number of hydrogen-bond acceptors (Lipinski definition) is 6. The van der Waals surface area contributed by atoms with Crippen LogP contribution in [0.25, 0.3) is 0 Å². The van der Waals surface area contributed by atoms with Crippen LogP contribution < -0.4 is 10.1 Å². The first-order valence-electron chi connectivity index (χ1n) is 10.7. The normalized spacial score (nSPS) is 18.5. The standard InChI is InChI=1S/C13H27NO2.C10H11NO3/c1-11(10-14-2)8-12-6-5-7-13(9-12,15-3)16-4;1-2-11(8-12)10(13)14-9-6-4-3-5-7-9/h11-12,14H,5-10H2,1-4H3;3-8H,2H2,1H3. The second-order valence-electron chi connectivity index (χ2n) is 7.75. The maximum atomic E-state index is 11.2. The van der Waals surface area contributed by atoms with Crippen LogP contribution in [0.5, 0.6) is 5.75 Å². The highest BCUT2D eigenvalue weighted by molar-refractivity contribution is 5.81. The zero-order valence-corrected chi connectivity index (χ0v) is 19.1. The molecule has 1 aliphatic carbocycles. The molecule has 0 aromatic heterocycles. The Morgan fingerprint density at radius 1 is 1.30 bits per heavy atom. The lowest BCUT2D eigenvalue weighted by molar-refractivity contribution is -0.232. The first kappa shape index (κ1) is 26.1. The smallest absolute Gasteiger partial charge is 0.410 e. The molecule has 1 aromatic rings. The molecule has 7 nitrogen and oxygen atoms in total. The Morgan fingerprint density at radius 2 is 1.97 bits per heavy atom. The summed E-state index contributed by atoms with van der Waals surface area (Å²) in [7, 11) is 5.55. The first-order chi connectivity index (χ1) is 14.4. The molecule has 0 bridgehead atoms. The van der Waals surface area contributed by atoms with Crippen molar-refractivity contribution in [3.05, 3.63) is 30.3 Å². The Labute approximate surface area is 181 Å². The van der Waals surface area contributed by atoms with Crippen LogP contribution in [0.3, 0.4) is 0 Å². The number of imide groups is 1. The molecule has 0 spiro atoms. The summed E-state index contributed by atoms with van der Waals surface area (Å²) < 4.78 is 16.0. The molecule has 2 atom stereocenters. The van der Waals surface area contributed by atoms with E-state index in [1.807, 2.05) is 13.1 Å². The molecule has 0 heterocycles. The molecule has 1 saturated carbocycles. The van der Waals surface area contributed by atoms with Gasteiger partial charge in [0, 0.05) is 33.6 Å². The van der Waals surface area contributed by atoms with Gasteiger partial charge in [0.2, 0.25) is 6.41 Å². The van der Waals surface area contributed by atoms with E-state index in [2.05, 4.69) is 12.2 Å². The van der Waals surface area contributed by atoms with Gasteiger partial charge in [-0.2, -0.15) is 0 Å². The zero-order chi connectivity index (χ0) is 22.4. The second kappa shape index (κ2) is 14.1. The average Bonchev–Trinajstić information content (AvgIpc) is 2.76. The van der Waals surface area contributed by atoms with Crippen molar-refractivity contribution in [2.24, 2.45) is 11.8 Å². The summed E-state index contributed by atoms with van der Waals surface area (Å²) in [4.78, 5) is 22.6. The van der Waals surface area contributed by atoms with Gasteiger partial charge in [0.25, 0.3) is 0 Å². The van der Waals surface area contributed by atoms with Crippen molar-refractivity contribution in [2.45, 2.75) is 51.7 Å². The molecule has 2 amide bonds. The van der Waals surface area contributed by atoms with Crippen LogP contribution in [0.15, 0.2) is 30.3 Å². The van der Waals surface area contributed by atoms with Crippen LogP contribution in [-0.4, -0.2) is 57.5 Å². The van der Waals surface area contributed by atoms with E-state index in [0.29, 0.717) is 18.7 Å². The van der Waals surface area contributed by atoms with E-state index in [4.69, 9.17) is 14.2 Å². The molecule has 0 saturated heterocycles. The van der Waals surface area contributed by atoms with Crippen molar-refractivity contribution in [2.75, 3.05) is 34.4 Å². The molecule has 1 aliphatic rings. The number of hydrogen-bond donors (Lipinski definition) is 1. The predicted molar refractivity (Wildman–Crippen MR) is 117 cm³/mol. The van der Waals surface area contributed by atoms with Gasteiger partial charge in [0.1, 0.15) is 5.75 Å². The predicted octanol–water partition coefficient (Wildman–Crippen LogP) is 4.08. The van der Waals surface area contributed by atoms with Gasteiger partial charge in [-0.05, 0) is 57.3 Å². The molecule has 1 N–H and O–H groups in total. The number of nitrogens with one attached hydrogen (secondary N) is 1. The van der Waals surface area contributed by atoms with E-state index in [0.717, 1.165) is 36.1 Å². The number of para-hydroxylation sites is 1. The van der Waals surface area contributed by atoms with Crippen LogP contribution in [0.1, 0.15) is 46.0 Å². The maximum Gasteiger partial charge on any atom is 0.421 e. The topological polar surface area (TPSA) is 77.1 Å². The number of amides is 2. The van der Waals surface area contributed by atoms with Gasteiger partial charge in [0.05, 0.1) is 0 Å². The maximum absolute atomic E-state index is 11.2. The second-order valence-corrected chi connectivity index (χ2v) is 7.75. The summed E-state index contributed by atoms with van der Waals surface area (Å²) in [5.41, 5.74) is 0. The third-order valence-corrected chi connectivity index (χ3v) is 5.45.